The first-order valence-corrected chi connectivity index (χ1v) is 6.31. The highest BCUT2D eigenvalue weighted by atomic mass is 32.2. The Kier molecular flexibility index (Phi) is 6.54. The van der Waals surface area contributed by atoms with Crippen molar-refractivity contribution in [1.82, 2.24) is 0 Å². The summed E-state index contributed by atoms with van der Waals surface area (Å²) < 4.78 is 0. The molecule has 0 saturated carbocycles. The fourth-order valence-electron chi connectivity index (χ4n) is 1.29. The Morgan fingerprint density at radius 1 is 1.00 bits per heavy atom. The Morgan fingerprint density at radius 3 is 2.43 bits per heavy atom. The monoisotopic (exact) mass is 210 g/mol. The van der Waals surface area contributed by atoms with Crippen molar-refractivity contribution in [3.63, 3.8) is 0 Å². The van der Waals surface area contributed by atoms with E-state index in [2.05, 4.69) is 30.3 Å². The molecule has 1 aromatic rings. The molecule has 0 bridgehead atoms. The van der Waals surface area contributed by atoms with E-state index < -0.39 is 0 Å². The number of hydrogen-bond donors (Lipinski definition) is 1. The molecule has 0 aromatic heterocycles. The van der Waals surface area contributed by atoms with Crippen molar-refractivity contribution < 1.29 is 5.11 Å². The van der Waals surface area contributed by atoms with Gasteiger partial charge >= 0.3 is 0 Å². The molecule has 2 heteroatoms. The van der Waals surface area contributed by atoms with Gasteiger partial charge in [-0.2, -0.15) is 11.8 Å². The largest absolute Gasteiger partial charge is 0.396 e. The molecule has 1 N–H and O–H groups in total. The first-order valence-electron chi connectivity index (χ1n) is 5.16. The molecule has 14 heavy (non-hydrogen) atoms. The van der Waals surface area contributed by atoms with E-state index in [0.29, 0.717) is 6.61 Å². The number of thioether (sulfide) groups is 1. The number of aryl methyl sites for hydroxylation is 1. The minimum absolute atomic E-state index is 0.325. The molecule has 0 saturated heterocycles. The van der Waals surface area contributed by atoms with Crippen molar-refractivity contribution in [2.75, 3.05) is 18.1 Å². The quantitative estimate of drug-likeness (QED) is 0.698. The van der Waals surface area contributed by atoms with Crippen LogP contribution in [0.3, 0.4) is 0 Å². The zero-order valence-electron chi connectivity index (χ0n) is 8.48. The molecule has 0 aliphatic rings. The Bertz CT molecular complexity index is 223. The number of rotatable bonds is 7. The van der Waals surface area contributed by atoms with Crippen molar-refractivity contribution in [3.8, 4) is 0 Å². The van der Waals surface area contributed by atoms with E-state index in [1.807, 2.05) is 11.8 Å². The lowest BCUT2D eigenvalue weighted by Crippen LogP contribution is -1.90. The van der Waals surface area contributed by atoms with Gasteiger partial charge in [-0.3, -0.25) is 0 Å². The number of hydrogen-bond acceptors (Lipinski definition) is 2. The fourth-order valence-corrected chi connectivity index (χ4v) is 2.18. The van der Waals surface area contributed by atoms with E-state index in [1.54, 1.807) is 0 Å². The fraction of sp³-hybridized carbons (Fsp3) is 0.500. The third kappa shape index (κ3) is 5.30. The van der Waals surface area contributed by atoms with Crippen molar-refractivity contribution in [2.45, 2.75) is 19.3 Å². The summed E-state index contributed by atoms with van der Waals surface area (Å²) in [5.41, 5.74) is 1.43. The van der Waals surface area contributed by atoms with Crippen LogP contribution in [0.5, 0.6) is 0 Å². The Morgan fingerprint density at radius 2 is 1.71 bits per heavy atom. The topological polar surface area (TPSA) is 20.2 Å². The molecule has 0 spiro atoms. The molecular weight excluding hydrogens is 192 g/mol. The predicted molar refractivity (Wildman–Crippen MR) is 63.8 cm³/mol. The van der Waals surface area contributed by atoms with Gasteiger partial charge in [0.25, 0.3) is 0 Å². The lowest BCUT2D eigenvalue weighted by atomic mass is 10.1. The molecule has 0 heterocycles. The van der Waals surface area contributed by atoms with Crippen LogP contribution >= 0.6 is 11.8 Å². The van der Waals surface area contributed by atoms with Gasteiger partial charge in [0.05, 0.1) is 0 Å². The Balaban J connectivity index is 1.99. The summed E-state index contributed by atoms with van der Waals surface area (Å²) in [6.45, 7) is 0.325. The predicted octanol–water partition coefficient (Wildman–Crippen LogP) is 2.73. The van der Waals surface area contributed by atoms with Gasteiger partial charge in [0.2, 0.25) is 0 Å². The standard InChI is InChI=1S/C12H18OS/c13-9-5-11-14-10-4-8-12-6-2-1-3-7-12/h1-3,6-7,13H,4-5,8-11H2. The Hall–Kier alpha value is -0.470. The molecule has 0 atom stereocenters. The highest BCUT2D eigenvalue weighted by Crippen LogP contribution is 2.08. The van der Waals surface area contributed by atoms with Crippen LogP contribution in [0.2, 0.25) is 0 Å². The van der Waals surface area contributed by atoms with Gasteiger partial charge in [0.1, 0.15) is 0 Å². The van der Waals surface area contributed by atoms with E-state index in [-0.39, 0.29) is 0 Å². The minimum Gasteiger partial charge on any atom is -0.396 e. The van der Waals surface area contributed by atoms with E-state index >= 15 is 0 Å². The average molecular weight is 210 g/mol. The summed E-state index contributed by atoms with van der Waals surface area (Å²) in [6, 6.07) is 10.6. The van der Waals surface area contributed by atoms with Crippen LogP contribution in [-0.4, -0.2) is 23.2 Å². The third-order valence-electron chi connectivity index (χ3n) is 2.04. The second kappa shape index (κ2) is 7.89. The maximum Gasteiger partial charge on any atom is 0.0438 e. The van der Waals surface area contributed by atoms with Gasteiger partial charge in [0.15, 0.2) is 0 Å². The van der Waals surface area contributed by atoms with Crippen LogP contribution in [0.15, 0.2) is 30.3 Å². The smallest absolute Gasteiger partial charge is 0.0438 e. The molecule has 78 valence electrons. The highest BCUT2D eigenvalue weighted by molar-refractivity contribution is 7.99. The maximum atomic E-state index is 8.59. The summed E-state index contributed by atoms with van der Waals surface area (Å²) in [7, 11) is 0. The van der Waals surface area contributed by atoms with Gasteiger partial charge in [-0.05, 0) is 36.3 Å². The lowest BCUT2D eigenvalue weighted by molar-refractivity contribution is 0.296. The van der Waals surface area contributed by atoms with E-state index in [9.17, 15) is 0 Å². The van der Waals surface area contributed by atoms with Crippen molar-refractivity contribution >= 4 is 11.8 Å². The molecule has 0 aliphatic carbocycles. The molecule has 0 aliphatic heterocycles. The van der Waals surface area contributed by atoms with Crippen molar-refractivity contribution in [2.24, 2.45) is 0 Å². The second-order valence-electron chi connectivity index (χ2n) is 3.28. The molecule has 0 unspecified atom stereocenters. The Labute approximate surface area is 90.5 Å². The van der Waals surface area contributed by atoms with Crippen molar-refractivity contribution in [3.05, 3.63) is 35.9 Å². The molecule has 1 nitrogen and oxygen atoms in total. The van der Waals surface area contributed by atoms with Crippen LogP contribution < -0.4 is 0 Å². The first kappa shape index (κ1) is 11.6. The van der Waals surface area contributed by atoms with Gasteiger partial charge in [-0.1, -0.05) is 30.3 Å². The van der Waals surface area contributed by atoms with E-state index in [4.69, 9.17) is 5.11 Å². The minimum atomic E-state index is 0.325. The third-order valence-corrected chi connectivity index (χ3v) is 3.20. The summed E-state index contributed by atoms with van der Waals surface area (Å²) in [5, 5.41) is 8.59. The van der Waals surface area contributed by atoms with E-state index in [0.717, 1.165) is 12.2 Å². The van der Waals surface area contributed by atoms with Gasteiger partial charge in [-0.25, -0.2) is 0 Å². The van der Waals surface area contributed by atoms with Crippen LogP contribution in [0.1, 0.15) is 18.4 Å². The molecule has 0 fully saturated rings. The summed E-state index contributed by atoms with van der Waals surface area (Å²) in [5.74, 6) is 2.29. The van der Waals surface area contributed by atoms with Gasteiger partial charge < -0.3 is 5.11 Å². The van der Waals surface area contributed by atoms with Crippen LogP contribution in [0.4, 0.5) is 0 Å². The molecule has 0 amide bonds. The maximum absolute atomic E-state index is 8.59. The molecule has 0 radical (unpaired) electrons. The normalized spacial score (nSPS) is 10.4. The zero-order valence-corrected chi connectivity index (χ0v) is 9.30. The molecule has 1 aromatic carbocycles. The number of aliphatic hydroxyl groups excluding tert-OH is 1. The first-order chi connectivity index (χ1) is 6.93. The summed E-state index contributed by atoms with van der Waals surface area (Å²) in [6.07, 6.45) is 3.34. The highest BCUT2D eigenvalue weighted by Gasteiger charge is 1.92. The number of aliphatic hydroxyl groups is 1. The SMILES string of the molecule is OCCCSCCCc1ccccc1. The van der Waals surface area contributed by atoms with Gasteiger partial charge in [-0.15, -0.1) is 0 Å². The lowest BCUT2D eigenvalue weighted by Gasteiger charge is -2.01. The average Bonchev–Trinajstić information content (AvgIpc) is 2.25. The number of benzene rings is 1. The van der Waals surface area contributed by atoms with E-state index in [1.165, 1.54) is 24.2 Å². The summed E-state index contributed by atoms with van der Waals surface area (Å²) in [4.78, 5) is 0. The zero-order chi connectivity index (χ0) is 10.1. The van der Waals surface area contributed by atoms with Gasteiger partial charge in [0, 0.05) is 6.61 Å². The summed E-state index contributed by atoms with van der Waals surface area (Å²) >= 11 is 1.94. The molecular formula is C12H18OS. The van der Waals surface area contributed by atoms with Crippen molar-refractivity contribution in [1.29, 1.82) is 0 Å². The van der Waals surface area contributed by atoms with Crippen LogP contribution in [-0.2, 0) is 6.42 Å². The van der Waals surface area contributed by atoms with Crippen LogP contribution in [0.25, 0.3) is 0 Å². The second-order valence-corrected chi connectivity index (χ2v) is 4.50. The molecule has 1 rings (SSSR count). The van der Waals surface area contributed by atoms with Crippen LogP contribution in [0, 0.1) is 0 Å².